The number of carbonyl (C=O) groups is 2. The lowest BCUT2D eigenvalue weighted by Crippen LogP contribution is -2.25. The van der Waals surface area contributed by atoms with Crippen molar-refractivity contribution in [2.75, 3.05) is 12.4 Å². The van der Waals surface area contributed by atoms with Gasteiger partial charge in [0.15, 0.2) is 0 Å². The summed E-state index contributed by atoms with van der Waals surface area (Å²) >= 11 is 3.34. The number of esters is 1. The Bertz CT molecular complexity index is 981. The molecule has 1 aromatic carbocycles. The number of benzene rings is 1. The van der Waals surface area contributed by atoms with Crippen molar-refractivity contribution in [3.8, 4) is 0 Å². The van der Waals surface area contributed by atoms with Gasteiger partial charge in [0, 0.05) is 12.4 Å². The normalized spacial score (nSPS) is 11.8. The van der Waals surface area contributed by atoms with Crippen LogP contribution in [0.3, 0.4) is 0 Å². The number of halogens is 1. The number of aromatic nitrogens is 4. The molecule has 0 spiro atoms. The largest absolute Gasteiger partial charge is 0.465 e. The van der Waals surface area contributed by atoms with E-state index in [1.54, 1.807) is 46.3 Å². The van der Waals surface area contributed by atoms with Crippen LogP contribution in [0, 0.1) is 0 Å². The molecule has 28 heavy (non-hydrogen) atoms. The highest BCUT2D eigenvalue weighted by atomic mass is 79.9. The van der Waals surface area contributed by atoms with Crippen molar-refractivity contribution >= 4 is 33.5 Å². The van der Waals surface area contributed by atoms with Gasteiger partial charge in [-0.25, -0.2) is 4.79 Å². The van der Waals surface area contributed by atoms with E-state index in [-0.39, 0.29) is 5.91 Å². The Balaban J connectivity index is 1.71. The van der Waals surface area contributed by atoms with E-state index in [0.717, 1.165) is 10.0 Å². The third-order valence-corrected chi connectivity index (χ3v) is 4.64. The quantitative estimate of drug-likeness (QED) is 0.563. The van der Waals surface area contributed by atoms with Crippen LogP contribution in [0.2, 0.25) is 0 Å². The van der Waals surface area contributed by atoms with Crippen molar-refractivity contribution in [3.05, 3.63) is 64.7 Å². The van der Waals surface area contributed by atoms with Crippen molar-refractivity contribution in [2.24, 2.45) is 0 Å². The highest BCUT2D eigenvalue weighted by Crippen LogP contribution is 2.18. The highest BCUT2D eigenvalue weighted by molar-refractivity contribution is 9.10. The van der Waals surface area contributed by atoms with E-state index in [1.807, 2.05) is 19.1 Å². The number of hydrogen-bond donors (Lipinski definition) is 1. The van der Waals surface area contributed by atoms with Crippen LogP contribution < -0.4 is 5.32 Å². The van der Waals surface area contributed by atoms with Crippen molar-refractivity contribution in [1.82, 2.24) is 19.6 Å². The lowest BCUT2D eigenvalue weighted by molar-refractivity contribution is -0.119. The van der Waals surface area contributed by atoms with Crippen LogP contribution >= 0.6 is 15.9 Å². The molecule has 0 aliphatic heterocycles. The van der Waals surface area contributed by atoms with Crippen molar-refractivity contribution in [2.45, 2.75) is 25.9 Å². The number of nitrogens with one attached hydrogen (secondary N) is 1. The standard InChI is InChI=1S/C19H20BrN5O3/c1-3-17(25-11-14(20)8-22-25)18(26)23-15-9-21-24(12-15)10-13-6-4-5-7-16(13)19(27)28-2/h4-9,11-12,17H,3,10H2,1-2H3,(H,23,26). The maximum atomic E-state index is 12.6. The zero-order valence-electron chi connectivity index (χ0n) is 15.5. The monoisotopic (exact) mass is 445 g/mol. The third-order valence-electron chi connectivity index (χ3n) is 4.23. The second-order valence-electron chi connectivity index (χ2n) is 6.13. The van der Waals surface area contributed by atoms with Gasteiger partial charge >= 0.3 is 5.97 Å². The molecule has 1 unspecified atom stereocenters. The molecule has 2 heterocycles. The number of methoxy groups -OCH3 is 1. The second-order valence-corrected chi connectivity index (χ2v) is 7.04. The van der Waals surface area contributed by atoms with Crippen LogP contribution in [0.1, 0.15) is 35.3 Å². The van der Waals surface area contributed by atoms with E-state index in [1.165, 1.54) is 7.11 Å². The fourth-order valence-corrected chi connectivity index (χ4v) is 3.16. The molecule has 3 aromatic rings. The summed E-state index contributed by atoms with van der Waals surface area (Å²) in [7, 11) is 1.35. The summed E-state index contributed by atoms with van der Waals surface area (Å²) in [5.41, 5.74) is 1.84. The third kappa shape index (κ3) is 4.48. The Hall–Kier alpha value is -2.94. The Labute approximate surface area is 170 Å². The second kappa shape index (κ2) is 8.83. The first-order valence-electron chi connectivity index (χ1n) is 8.71. The molecule has 1 amide bonds. The van der Waals surface area contributed by atoms with E-state index in [9.17, 15) is 9.59 Å². The molecule has 0 bridgehead atoms. The number of hydrogen-bond acceptors (Lipinski definition) is 5. The van der Waals surface area contributed by atoms with Crippen LogP contribution in [-0.2, 0) is 16.1 Å². The van der Waals surface area contributed by atoms with Crippen LogP contribution in [-0.4, -0.2) is 38.5 Å². The summed E-state index contributed by atoms with van der Waals surface area (Å²) in [5.74, 6) is -0.569. The Kier molecular flexibility index (Phi) is 6.25. The molecular formula is C19H20BrN5O3. The van der Waals surface area contributed by atoms with E-state index in [0.29, 0.717) is 24.2 Å². The van der Waals surface area contributed by atoms with Crippen LogP contribution in [0.5, 0.6) is 0 Å². The molecule has 0 aliphatic rings. The Morgan fingerprint density at radius 2 is 2.00 bits per heavy atom. The van der Waals surface area contributed by atoms with Gasteiger partial charge in [0.2, 0.25) is 5.91 Å². The van der Waals surface area contributed by atoms with Gasteiger partial charge in [-0.15, -0.1) is 0 Å². The lowest BCUT2D eigenvalue weighted by atomic mass is 10.1. The number of ether oxygens (including phenoxy) is 1. The predicted molar refractivity (Wildman–Crippen MR) is 107 cm³/mol. The lowest BCUT2D eigenvalue weighted by Gasteiger charge is -2.14. The number of rotatable bonds is 7. The maximum Gasteiger partial charge on any atom is 0.338 e. The van der Waals surface area contributed by atoms with E-state index in [2.05, 4.69) is 31.4 Å². The summed E-state index contributed by atoms with van der Waals surface area (Å²) in [4.78, 5) is 24.5. The maximum absolute atomic E-state index is 12.6. The van der Waals surface area contributed by atoms with Crippen molar-refractivity contribution < 1.29 is 14.3 Å². The van der Waals surface area contributed by atoms with Gasteiger partial charge in [0.05, 0.1) is 41.8 Å². The number of nitrogens with zero attached hydrogens (tertiary/aromatic N) is 4. The topological polar surface area (TPSA) is 91.0 Å². The van der Waals surface area contributed by atoms with E-state index in [4.69, 9.17) is 4.74 Å². The highest BCUT2D eigenvalue weighted by Gasteiger charge is 2.20. The molecule has 0 radical (unpaired) electrons. The summed E-state index contributed by atoms with van der Waals surface area (Å²) in [6.45, 7) is 2.30. The average Bonchev–Trinajstić information content (AvgIpc) is 3.31. The van der Waals surface area contributed by atoms with Gasteiger partial charge in [-0.3, -0.25) is 14.2 Å². The molecule has 8 nitrogen and oxygen atoms in total. The molecule has 1 N–H and O–H groups in total. The number of carbonyl (C=O) groups excluding carboxylic acids is 2. The fourth-order valence-electron chi connectivity index (χ4n) is 2.86. The van der Waals surface area contributed by atoms with Gasteiger partial charge in [0.25, 0.3) is 0 Å². The van der Waals surface area contributed by atoms with Gasteiger partial charge in [-0.1, -0.05) is 25.1 Å². The summed E-state index contributed by atoms with van der Waals surface area (Å²) < 4.78 is 8.91. The molecule has 9 heteroatoms. The van der Waals surface area contributed by atoms with Gasteiger partial charge in [-0.2, -0.15) is 10.2 Å². The smallest absolute Gasteiger partial charge is 0.338 e. The SMILES string of the molecule is CCC(C(=O)Nc1cnn(Cc2ccccc2C(=O)OC)c1)n1cc(Br)cn1. The first kappa shape index (κ1) is 19.8. The molecule has 0 saturated heterocycles. The summed E-state index contributed by atoms with van der Waals surface area (Å²) in [5, 5.41) is 11.3. The Morgan fingerprint density at radius 3 is 2.68 bits per heavy atom. The fraction of sp³-hybridized carbons (Fsp3) is 0.263. The van der Waals surface area contributed by atoms with Crippen LogP contribution in [0.4, 0.5) is 5.69 Å². The van der Waals surface area contributed by atoms with Crippen LogP contribution in [0.15, 0.2) is 53.5 Å². The van der Waals surface area contributed by atoms with E-state index >= 15 is 0 Å². The minimum atomic E-state index is -0.422. The molecule has 146 valence electrons. The zero-order valence-corrected chi connectivity index (χ0v) is 17.1. The minimum Gasteiger partial charge on any atom is -0.465 e. The van der Waals surface area contributed by atoms with Gasteiger partial charge in [0.1, 0.15) is 6.04 Å². The molecule has 3 rings (SSSR count). The molecule has 1 atom stereocenters. The molecule has 0 saturated carbocycles. The first-order chi connectivity index (χ1) is 13.5. The molecule has 2 aromatic heterocycles. The first-order valence-corrected chi connectivity index (χ1v) is 9.50. The summed E-state index contributed by atoms with van der Waals surface area (Å²) in [6, 6.07) is 6.76. The van der Waals surface area contributed by atoms with Gasteiger partial charge < -0.3 is 10.1 Å². The molecule has 0 aliphatic carbocycles. The average molecular weight is 446 g/mol. The summed E-state index contributed by atoms with van der Waals surface area (Å²) in [6.07, 6.45) is 7.30. The van der Waals surface area contributed by atoms with E-state index < -0.39 is 12.0 Å². The van der Waals surface area contributed by atoms with Gasteiger partial charge in [-0.05, 0) is 34.0 Å². The molecular weight excluding hydrogens is 426 g/mol. The van der Waals surface area contributed by atoms with Crippen molar-refractivity contribution in [1.29, 1.82) is 0 Å². The number of amides is 1. The Morgan fingerprint density at radius 1 is 1.21 bits per heavy atom. The predicted octanol–water partition coefficient (Wildman–Crippen LogP) is 3.27. The number of anilines is 1. The minimum absolute atomic E-state index is 0.174. The zero-order chi connectivity index (χ0) is 20.1. The molecule has 0 fully saturated rings. The van der Waals surface area contributed by atoms with Crippen molar-refractivity contribution in [3.63, 3.8) is 0 Å². The van der Waals surface area contributed by atoms with Crippen LogP contribution in [0.25, 0.3) is 0 Å².